The van der Waals surface area contributed by atoms with Gasteiger partial charge in [0.2, 0.25) is 5.91 Å². The maximum Gasteiger partial charge on any atom is 0.222 e. The van der Waals surface area contributed by atoms with Crippen LogP contribution in [0, 0.1) is 0 Å². The predicted octanol–water partition coefficient (Wildman–Crippen LogP) is 2.69. The Kier molecular flexibility index (Phi) is 5.62. The number of hydrogen-bond acceptors (Lipinski definition) is 3. The average Bonchev–Trinajstić information content (AvgIpc) is 2.46. The first kappa shape index (κ1) is 15.8. The van der Waals surface area contributed by atoms with Crippen molar-refractivity contribution in [2.75, 3.05) is 11.9 Å². The first-order valence-electron chi connectivity index (χ1n) is 7.88. The number of rotatable bonds is 6. The molecule has 116 valence electrons. The lowest BCUT2D eigenvalue weighted by Gasteiger charge is -2.31. The van der Waals surface area contributed by atoms with Crippen molar-refractivity contribution in [1.82, 2.24) is 5.32 Å². The summed E-state index contributed by atoms with van der Waals surface area (Å²) in [5.74, 6) is -0.0545. The third kappa shape index (κ3) is 5.38. The van der Waals surface area contributed by atoms with Crippen molar-refractivity contribution in [3.63, 3.8) is 0 Å². The molecule has 1 aliphatic carbocycles. The van der Waals surface area contributed by atoms with Gasteiger partial charge in [-0.3, -0.25) is 4.79 Å². The van der Waals surface area contributed by atoms with Gasteiger partial charge < -0.3 is 15.7 Å². The first-order valence-corrected chi connectivity index (χ1v) is 7.88. The lowest BCUT2D eigenvalue weighted by atomic mass is 9.82. The van der Waals surface area contributed by atoms with Gasteiger partial charge in [0.15, 0.2) is 0 Å². The van der Waals surface area contributed by atoms with Crippen LogP contribution in [0.5, 0.6) is 0 Å². The van der Waals surface area contributed by atoms with Crippen LogP contribution in [0.4, 0.5) is 5.69 Å². The molecule has 1 fully saturated rings. The number of hydrogen-bond donors (Lipinski definition) is 3. The number of amides is 1. The number of nitrogens with one attached hydrogen (secondary N) is 2. The summed E-state index contributed by atoms with van der Waals surface area (Å²) in [6.07, 6.45) is 4.94. The zero-order valence-electron chi connectivity index (χ0n) is 12.8. The Morgan fingerprint density at radius 3 is 2.57 bits per heavy atom. The van der Waals surface area contributed by atoms with E-state index < -0.39 is 5.60 Å². The lowest BCUT2D eigenvalue weighted by molar-refractivity contribution is -0.127. The Balaban J connectivity index is 1.71. The van der Waals surface area contributed by atoms with E-state index in [2.05, 4.69) is 10.6 Å². The molecule has 1 aromatic rings. The number of carbonyl (C=O) groups is 1. The average molecular weight is 290 g/mol. The highest BCUT2D eigenvalue weighted by molar-refractivity contribution is 5.77. The minimum atomic E-state index is -0.779. The van der Waals surface area contributed by atoms with E-state index in [9.17, 15) is 9.90 Å². The monoisotopic (exact) mass is 290 g/mol. The van der Waals surface area contributed by atoms with E-state index in [-0.39, 0.29) is 18.4 Å². The number of anilines is 1. The van der Waals surface area contributed by atoms with E-state index >= 15 is 0 Å². The molecule has 0 spiro atoms. The lowest BCUT2D eigenvalue weighted by Crippen LogP contribution is -2.41. The molecule has 0 aromatic heterocycles. The molecule has 0 aliphatic heterocycles. The third-order valence-corrected chi connectivity index (χ3v) is 4.07. The summed E-state index contributed by atoms with van der Waals surface area (Å²) >= 11 is 0. The number of para-hydroxylation sites is 1. The van der Waals surface area contributed by atoms with E-state index in [0.717, 1.165) is 31.4 Å². The fourth-order valence-corrected chi connectivity index (χ4v) is 2.88. The van der Waals surface area contributed by atoms with Crippen LogP contribution in [0.1, 0.15) is 45.4 Å². The largest absolute Gasteiger partial charge is 0.389 e. The summed E-state index contributed by atoms with van der Waals surface area (Å²) in [6, 6.07) is 10.1. The van der Waals surface area contributed by atoms with Crippen LogP contribution in [-0.2, 0) is 4.79 Å². The van der Waals surface area contributed by atoms with Gasteiger partial charge in [0.25, 0.3) is 0 Å². The van der Waals surface area contributed by atoms with Crippen molar-refractivity contribution < 1.29 is 9.90 Å². The van der Waals surface area contributed by atoms with Crippen molar-refractivity contribution in [1.29, 1.82) is 0 Å². The molecule has 21 heavy (non-hydrogen) atoms. The molecule has 0 saturated heterocycles. The number of carbonyl (C=O) groups excluding carboxylic acids is 1. The van der Waals surface area contributed by atoms with Gasteiger partial charge in [-0.25, -0.2) is 0 Å². The van der Waals surface area contributed by atoms with E-state index in [1.165, 1.54) is 6.42 Å². The van der Waals surface area contributed by atoms with Crippen molar-refractivity contribution in [3.05, 3.63) is 30.3 Å². The highest BCUT2D eigenvalue weighted by Gasteiger charge is 2.31. The molecule has 2 rings (SSSR count). The molecule has 0 bridgehead atoms. The molecule has 0 heterocycles. The molecule has 1 unspecified atom stereocenters. The van der Waals surface area contributed by atoms with Crippen molar-refractivity contribution in [2.45, 2.75) is 57.1 Å². The predicted molar refractivity (Wildman–Crippen MR) is 85.2 cm³/mol. The van der Waals surface area contributed by atoms with E-state index in [4.69, 9.17) is 0 Å². The molecule has 3 N–H and O–H groups in total. The zero-order chi connectivity index (χ0) is 15.1. The molecule has 1 atom stereocenters. The first-order chi connectivity index (χ1) is 10.1. The van der Waals surface area contributed by atoms with Gasteiger partial charge in [-0.1, -0.05) is 37.5 Å². The highest BCUT2D eigenvalue weighted by atomic mass is 16.3. The van der Waals surface area contributed by atoms with Crippen LogP contribution in [0.3, 0.4) is 0 Å². The number of benzene rings is 1. The second kappa shape index (κ2) is 7.46. The molecule has 0 radical (unpaired) electrons. The van der Waals surface area contributed by atoms with Crippen LogP contribution in [0.15, 0.2) is 30.3 Å². The molecule has 4 nitrogen and oxygen atoms in total. The second-order valence-corrected chi connectivity index (χ2v) is 6.18. The van der Waals surface area contributed by atoms with Gasteiger partial charge in [-0.05, 0) is 31.9 Å². The SMILES string of the molecule is CC(CNC(=O)CC1(O)CCCCC1)Nc1ccccc1. The maximum absolute atomic E-state index is 12.0. The van der Waals surface area contributed by atoms with Crippen molar-refractivity contribution >= 4 is 11.6 Å². The quantitative estimate of drug-likeness (QED) is 0.755. The molecular weight excluding hydrogens is 264 g/mol. The summed E-state index contributed by atoms with van der Waals surface area (Å²) in [6.45, 7) is 2.59. The van der Waals surface area contributed by atoms with Crippen molar-refractivity contribution in [3.8, 4) is 0 Å². The van der Waals surface area contributed by atoms with Gasteiger partial charge in [0, 0.05) is 18.3 Å². The van der Waals surface area contributed by atoms with Gasteiger partial charge in [0.05, 0.1) is 12.0 Å². The summed E-state index contributed by atoms with van der Waals surface area (Å²) in [5, 5.41) is 16.6. The normalized spacial score (nSPS) is 18.8. The minimum Gasteiger partial charge on any atom is -0.389 e. The van der Waals surface area contributed by atoms with Gasteiger partial charge in [-0.2, -0.15) is 0 Å². The fraction of sp³-hybridized carbons (Fsp3) is 0.588. The van der Waals surface area contributed by atoms with E-state index in [1.807, 2.05) is 37.3 Å². The Hall–Kier alpha value is -1.55. The summed E-state index contributed by atoms with van der Waals surface area (Å²) in [7, 11) is 0. The van der Waals surface area contributed by atoms with Crippen LogP contribution < -0.4 is 10.6 Å². The Morgan fingerprint density at radius 1 is 1.24 bits per heavy atom. The van der Waals surface area contributed by atoms with Crippen LogP contribution in [-0.4, -0.2) is 29.2 Å². The minimum absolute atomic E-state index is 0.0545. The zero-order valence-corrected chi connectivity index (χ0v) is 12.8. The van der Waals surface area contributed by atoms with Gasteiger partial charge >= 0.3 is 0 Å². The Bertz CT molecular complexity index is 441. The van der Waals surface area contributed by atoms with Gasteiger partial charge in [0.1, 0.15) is 0 Å². The molecule has 1 aromatic carbocycles. The van der Waals surface area contributed by atoms with Crippen LogP contribution in [0.25, 0.3) is 0 Å². The topological polar surface area (TPSA) is 61.4 Å². The molecule has 1 aliphatic rings. The van der Waals surface area contributed by atoms with E-state index in [1.54, 1.807) is 0 Å². The Morgan fingerprint density at radius 2 is 1.90 bits per heavy atom. The summed E-state index contributed by atoms with van der Waals surface area (Å²) < 4.78 is 0. The van der Waals surface area contributed by atoms with Gasteiger partial charge in [-0.15, -0.1) is 0 Å². The smallest absolute Gasteiger partial charge is 0.222 e. The number of aliphatic hydroxyl groups is 1. The summed E-state index contributed by atoms with van der Waals surface area (Å²) in [4.78, 5) is 12.0. The molecule has 4 heteroatoms. The third-order valence-electron chi connectivity index (χ3n) is 4.07. The fourth-order valence-electron chi connectivity index (χ4n) is 2.88. The molecular formula is C17H26N2O2. The Labute approximate surface area is 126 Å². The second-order valence-electron chi connectivity index (χ2n) is 6.18. The maximum atomic E-state index is 12.0. The summed E-state index contributed by atoms with van der Waals surface area (Å²) in [5.41, 5.74) is 0.267. The standard InChI is InChI=1S/C17H26N2O2/c1-14(19-15-8-4-2-5-9-15)13-18-16(20)12-17(21)10-6-3-7-11-17/h2,4-5,8-9,14,19,21H,3,6-7,10-13H2,1H3,(H,18,20). The van der Waals surface area contributed by atoms with Crippen LogP contribution >= 0.6 is 0 Å². The van der Waals surface area contributed by atoms with Crippen molar-refractivity contribution in [2.24, 2.45) is 0 Å². The molecule has 1 amide bonds. The highest BCUT2D eigenvalue weighted by Crippen LogP contribution is 2.30. The van der Waals surface area contributed by atoms with Crippen LogP contribution in [0.2, 0.25) is 0 Å². The van der Waals surface area contributed by atoms with E-state index in [0.29, 0.717) is 6.54 Å². The molecule has 1 saturated carbocycles.